The first-order chi connectivity index (χ1) is 10.7. The molecule has 2 aromatic carbocycles. The van der Waals surface area contributed by atoms with Crippen LogP contribution in [-0.4, -0.2) is 16.4 Å². The number of para-hydroxylation sites is 1. The minimum atomic E-state index is -0.493. The summed E-state index contributed by atoms with van der Waals surface area (Å²) in [6, 6.07) is 16.8. The molecule has 0 fully saturated rings. The molecule has 3 rings (SSSR count). The fourth-order valence-electron chi connectivity index (χ4n) is 2.40. The zero-order valence-corrected chi connectivity index (χ0v) is 12.2. The summed E-state index contributed by atoms with van der Waals surface area (Å²) in [5.41, 5.74) is 2.11. The van der Waals surface area contributed by atoms with Gasteiger partial charge in [0.25, 0.3) is 0 Å². The third kappa shape index (κ3) is 2.63. The summed E-state index contributed by atoms with van der Waals surface area (Å²) in [7, 11) is 0. The first-order valence-corrected chi connectivity index (χ1v) is 6.99. The number of hydrogen-bond acceptors (Lipinski definition) is 3. The van der Waals surface area contributed by atoms with Gasteiger partial charge in [-0.05, 0) is 18.6 Å². The molecular weight excluding hydrogens is 278 g/mol. The number of ether oxygens (including phenoxy) is 1. The number of rotatable bonds is 3. The van der Waals surface area contributed by atoms with E-state index in [-0.39, 0.29) is 12.4 Å². The highest BCUT2D eigenvalue weighted by molar-refractivity contribution is 6.08. The molecule has 0 spiro atoms. The van der Waals surface area contributed by atoms with Crippen LogP contribution in [0.1, 0.15) is 22.8 Å². The molecule has 0 aliphatic rings. The van der Waals surface area contributed by atoms with Crippen molar-refractivity contribution >= 4 is 22.8 Å². The minimum Gasteiger partial charge on any atom is -0.444 e. The van der Waals surface area contributed by atoms with Gasteiger partial charge in [-0.2, -0.15) is 0 Å². The van der Waals surface area contributed by atoms with E-state index in [0.29, 0.717) is 11.1 Å². The maximum Gasteiger partial charge on any atom is 0.418 e. The van der Waals surface area contributed by atoms with E-state index < -0.39 is 6.09 Å². The van der Waals surface area contributed by atoms with Crippen LogP contribution >= 0.6 is 0 Å². The first kappa shape index (κ1) is 14.1. The second kappa shape index (κ2) is 5.85. The Balaban J connectivity index is 1.89. The Morgan fingerprint density at radius 1 is 1.00 bits per heavy atom. The van der Waals surface area contributed by atoms with Gasteiger partial charge in [-0.15, -0.1) is 0 Å². The fourth-order valence-corrected chi connectivity index (χ4v) is 2.40. The molecular formula is C18H15NO3. The number of aromatic nitrogens is 1. The summed E-state index contributed by atoms with van der Waals surface area (Å²) in [5, 5.41) is 0.756. The van der Waals surface area contributed by atoms with Gasteiger partial charge in [-0.25, -0.2) is 4.79 Å². The smallest absolute Gasteiger partial charge is 0.418 e. The first-order valence-electron chi connectivity index (χ1n) is 6.99. The van der Waals surface area contributed by atoms with E-state index in [1.165, 1.54) is 11.5 Å². The van der Waals surface area contributed by atoms with Crippen molar-refractivity contribution in [2.45, 2.75) is 13.5 Å². The predicted molar refractivity (Wildman–Crippen MR) is 84.0 cm³/mol. The van der Waals surface area contributed by atoms with Gasteiger partial charge >= 0.3 is 6.09 Å². The summed E-state index contributed by atoms with van der Waals surface area (Å²) in [6.07, 6.45) is 1.05. The Morgan fingerprint density at radius 2 is 1.68 bits per heavy atom. The van der Waals surface area contributed by atoms with Crippen molar-refractivity contribution in [2.24, 2.45) is 0 Å². The quantitative estimate of drug-likeness (QED) is 0.685. The Kier molecular flexibility index (Phi) is 3.74. The molecule has 22 heavy (non-hydrogen) atoms. The van der Waals surface area contributed by atoms with Crippen LogP contribution in [0.3, 0.4) is 0 Å². The number of benzene rings is 2. The van der Waals surface area contributed by atoms with Gasteiger partial charge in [0.2, 0.25) is 0 Å². The summed E-state index contributed by atoms with van der Waals surface area (Å²) >= 11 is 0. The molecule has 1 aromatic heterocycles. The second-order valence-corrected chi connectivity index (χ2v) is 5.03. The van der Waals surface area contributed by atoms with Crippen molar-refractivity contribution in [1.82, 2.24) is 4.57 Å². The number of carbonyl (C=O) groups excluding carboxylic acids is 2. The molecule has 110 valence electrons. The van der Waals surface area contributed by atoms with Crippen molar-refractivity contribution in [3.05, 3.63) is 71.9 Å². The molecule has 0 atom stereocenters. The molecule has 0 N–H and O–H groups in total. The molecule has 4 heteroatoms. The summed E-state index contributed by atoms with van der Waals surface area (Å²) in [6.45, 7) is 1.68. The number of Topliss-reactive ketones (excluding diaryl/α,β-unsaturated/α-hetero) is 1. The van der Waals surface area contributed by atoms with Crippen LogP contribution in [0.25, 0.3) is 10.9 Å². The number of fused-ring (bicyclic) bond motifs is 1. The highest BCUT2D eigenvalue weighted by Gasteiger charge is 2.16. The van der Waals surface area contributed by atoms with Crippen molar-refractivity contribution < 1.29 is 14.3 Å². The highest BCUT2D eigenvalue weighted by Crippen LogP contribution is 2.22. The summed E-state index contributed by atoms with van der Waals surface area (Å²) < 4.78 is 6.71. The molecule has 0 aliphatic heterocycles. The number of carbonyl (C=O) groups is 2. The normalized spacial score (nSPS) is 10.6. The Bertz CT molecular complexity index is 834. The highest BCUT2D eigenvalue weighted by atomic mass is 16.5. The Hall–Kier alpha value is -2.88. The van der Waals surface area contributed by atoms with E-state index in [2.05, 4.69) is 0 Å². The van der Waals surface area contributed by atoms with E-state index in [4.69, 9.17) is 4.74 Å². The average molecular weight is 293 g/mol. The van der Waals surface area contributed by atoms with Gasteiger partial charge in [0.15, 0.2) is 5.78 Å². The lowest BCUT2D eigenvalue weighted by atomic mass is 10.1. The SMILES string of the molecule is CC(=O)c1cn(C(=O)OCc2ccccc2)c2ccccc12. The van der Waals surface area contributed by atoms with E-state index >= 15 is 0 Å². The van der Waals surface area contributed by atoms with Gasteiger partial charge in [0, 0.05) is 17.1 Å². The van der Waals surface area contributed by atoms with Crippen LogP contribution in [0.15, 0.2) is 60.8 Å². The molecule has 0 amide bonds. The van der Waals surface area contributed by atoms with Crippen molar-refractivity contribution in [1.29, 1.82) is 0 Å². The van der Waals surface area contributed by atoms with Crippen molar-refractivity contribution in [2.75, 3.05) is 0 Å². The standard InChI is InChI=1S/C18H15NO3/c1-13(20)16-11-19(17-10-6-5-9-15(16)17)18(21)22-12-14-7-3-2-4-8-14/h2-11H,12H2,1H3. The molecule has 4 nitrogen and oxygen atoms in total. The lowest BCUT2D eigenvalue weighted by Gasteiger charge is -2.06. The number of hydrogen-bond donors (Lipinski definition) is 0. The predicted octanol–water partition coefficient (Wildman–Crippen LogP) is 4.03. The molecule has 0 bridgehead atoms. The zero-order chi connectivity index (χ0) is 15.5. The van der Waals surface area contributed by atoms with E-state index in [1.54, 1.807) is 12.3 Å². The number of nitrogens with zero attached hydrogens (tertiary/aromatic N) is 1. The largest absolute Gasteiger partial charge is 0.444 e. The van der Waals surface area contributed by atoms with Crippen LogP contribution in [0.5, 0.6) is 0 Å². The minimum absolute atomic E-state index is 0.0780. The maximum absolute atomic E-state index is 12.3. The molecule has 3 aromatic rings. The third-order valence-electron chi connectivity index (χ3n) is 3.49. The molecule has 1 heterocycles. The maximum atomic E-state index is 12.3. The molecule has 0 saturated carbocycles. The average Bonchev–Trinajstić information content (AvgIpc) is 2.93. The third-order valence-corrected chi connectivity index (χ3v) is 3.49. The van der Waals surface area contributed by atoms with Gasteiger partial charge in [-0.3, -0.25) is 9.36 Å². The van der Waals surface area contributed by atoms with Crippen LogP contribution in [0.2, 0.25) is 0 Å². The van der Waals surface area contributed by atoms with Crippen LogP contribution in [0, 0.1) is 0 Å². The van der Waals surface area contributed by atoms with Gasteiger partial charge in [0.1, 0.15) is 6.61 Å². The van der Waals surface area contributed by atoms with E-state index in [1.807, 2.05) is 48.5 Å². The molecule has 0 radical (unpaired) electrons. The van der Waals surface area contributed by atoms with Crippen LogP contribution in [-0.2, 0) is 11.3 Å². The molecule has 0 unspecified atom stereocenters. The van der Waals surface area contributed by atoms with Gasteiger partial charge in [-0.1, -0.05) is 48.5 Å². The van der Waals surface area contributed by atoms with Crippen molar-refractivity contribution in [3.63, 3.8) is 0 Å². The fraction of sp³-hybridized carbons (Fsp3) is 0.111. The Morgan fingerprint density at radius 3 is 2.41 bits per heavy atom. The Labute approximate surface area is 127 Å². The van der Waals surface area contributed by atoms with Crippen LogP contribution < -0.4 is 0 Å². The van der Waals surface area contributed by atoms with Gasteiger partial charge in [0.05, 0.1) is 5.52 Å². The van der Waals surface area contributed by atoms with Gasteiger partial charge < -0.3 is 4.74 Å². The monoisotopic (exact) mass is 293 g/mol. The molecule has 0 aliphatic carbocycles. The summed E-state index contributed by atoms with van der Waals surface area (Å²) in [5.74, 6) is -0.0780. The lowest BCUT2D eigenvalue weighted by Crippen LogP contribution is -2.12. The topological polar surface area (TPSA) is 48.3 Å². The number of ketones is 1. The van der Waals surface area contributed by atoms with E-state index in [9.17, 15) is 9.59 Å². The molecule has 0 saturated heterocycles. The lowest BCUT2D eigenvalue weighted by molar-refractivity contribution is 0.101. The van der Waals surface area contributed by atoms with Crippen LogP contribution in [0.4, 0.5) is 4.79 Å². The van der Waals surface area contributed by atoms with Crippen molar-refractivity contribution in [3.8, 4) is 0 Å². The second-order valence-electron chi connectivity index (χ2n) is 5.03. The summed E-state index contributed by atoms with van der Waals surface area (Å²) in [4.78, 5) is 24.0. The zero-order valence-electron chi connectivity index (χ0n) is 12.2. The van der Waals surface area contributed by atoms with E-state index in [0.717, 1.165) is 10.9 Å².